The second-order valence-corrected chi connectivity index (χ2v) is 7.17. The fourth-order valence-electron chi connectivity index (χ4n) is 3.45. The molecule has 156 valence electrons. The first-order valence-electron chi connectivity index (χ1n) is 10.0. The van der Waals surface area contributed by atoms with Gasteiger partial charge in [0, 0.05) is 45.3 Å². The van der Waals surface area contributed by atoms with Gasteiger partial charge in [-0.25, -0.2) is 4.99 Å². The Morgan fingerprint density at radius 2 is 2.10 bits per heavy atom. The lowest BCUT2D eigenvalue weighted by atomic mass is 10.0. The highest BCUT2D eigenvalue weighted by Crippen LogP contribution is 2.26. The van der Waals surface area contributed by atoms with Crippen molar-refractivity contribution in [2.75, 3.05) is 33.3 Å². The Balaban J connectivity index is 1.52. The molecule has 1 atom stereocenters. The van der Waals surface area contributed by atoms with E-state index in [1.165, 1.54) is 5.56 Å². The first kappa shape index (κ1) is 20.7. The zero-order valence-electron chi connectivity index (χ0n) is 17.4. The van der Waals surface area contributed by atoms with Crippen molar-refractivity contribution in [1.29, 1.82) is 0 Å². The van der Waals surface area contributed by atoms with Crippen LogP contribution in [0.4, 0.5) is 0 Å². The van der Waals surface area contributed by atoms with Crippen molar-refractivity contribution in [3.05, 3.63) is 47.8 Å². The number of aliphatic imine (C=N–C) groups is 1. The Labute approximate surface area is 171 Å². The summed E-state index contributed by atoms with van der Waals surface area (Å²) in [4.78, 5) is 19.0. The second kappa shape index (κ2) is 9.95. The highest BCUT2D eigenvalue weighted by Gasteiger charge is 2.27. The van der Waals surface area contributed by atoms with Gasteiger partial charge in [0.05, 0.1) is 13.3 Å². The molecule has 1 saturated heterocycles. The molecule has 1 aromatic carbocycles. The lowest BCUT2D eigenvalue weighted by Gasteiger charge is -2.21. The zero-order valence-corrected chi connectivity index (χ0v) is 17.4. The minimum atomic E-state index is -0.0979. The summed E-state index contributed by atoms with van der Waals surface area (Å²) in [6.07, 6.45) is 5.06. The van der Waals surface area contributed by atoms with E-state index >= 15 is 0 Å². The summed E-state index contributed by atoms with van der Waals surface area (Å²) in [6.45, 7) is 5.17. The molecular formula is C21H30N6O2. The number of aryl methyl sites for hydroxylation is 1. The van der Waals surface area contributed by atoms with Crippen molar-refractivity contribution in [2.45, 2.75) is 25.8 Å². The van der Waals surface area contributed by atoms with Gasteiger partial charge in [-0.15, -0.1) is 0 Å². The van der Waals surface area contributed by atoms with E-state index in [4.69, 9.17) is 4.74 Å². The van der Waals surface area contributed by atoms with E-state index in [1.54, 1.807) is 7.11 Å². The number of amides is 1. The molecule has 8 nitrogen and oxygen atoms in total. The maximum absolute atomic E-state index is 12.3. The maximum Gasteiger partial charge on any atom is 0.242 e. The number of guanidine groups is 1. The molecule has 3 rings (SSSR count). The van der Waals surface area contributed by atoms with Crippen LogP contribution in [0, 0.1) is 0 Å². The van der Waals surface area contributed by atoms with Crippen LogP contribution < -0.4 is 15.4 Å². The average Bonchev–Trinajstić information content (AvgIpc) is 3.39. The molecule has 2 heterocycles. The van der Waals surface area contributed by atoms with Crippen molar-refractivity contribution in [2.24, 2.45) is 12.0 Å². The molecule has 2 aromatic rings. The molecule has 0 aliphatic carbocycles. The number of hydrogen-bond acceptors (Lipinski definition) is 4. The number of rotatable bonds is 7. The van der Waals surface area contributed by atoms with Crippen molar-refractivity contribution in [3.8, 4) is 5.75 Å². The van der Waals surface area contributed by atoms with Crippen LogP contribution in [0.2, 0.25) is 0 Å². The third-order valence-corrected chi connectivity index (χ3v) is 5.04. The van der Waals surface area contributed by atoms with Gasteiger partial charge in [-0.05, 0) is 36.6 Å². The number of likely N-dealkylation sites (tertiary alicyclic amines) is 1. The van der Waals surface area contributed by atoms with Gasteiger partial charge in [0.15, 0.2) is 5.96 Å². The van der Waals surface area contributed by atoms with Gasteiger partial charge in [-0.2, -0.15) is 5.10 Å². The summed E-state index contributed by atoms with van der Waals surface area (Å²) in [7, 11) is 3.57. The summed E-state index contributed by atoms with van der Waals surface area (Å²) in [6, 6.07) is 7.65. The first-order valence-corrected chi connectivity index (χ1v) is 10.0. The summed E-state index contributed by atoms with van der Waals surface area (Å²) >= 11 is 0. The molecule has 1 aromatic heterocycles. The predicted octanol–water partition coefficient (Wildman–Crippen LogP) is 1.50. The van der Waals surface area contributed by atoms with E-state index in [1.807, 2.05) is 49.1 Å². The smallest absolute Gasteiger partial charge is 0.242 e. The molecule has 1 aliphatic heterocycles. The number of carbonyl (C=O) groups is 1. The van der Waals surface area contributed by atoms with Crippen LogP contribution in [0.15, 0.2) is 41.7 Å². The molecule has 29 heavy (non-hydrogen) atoms. The van der Waals surface area contributed by atoms with E-state index in [0.717, 1.165) is 43.3 Å². The van der Waals surface area contributed by atoms with Crippen LogP contribution in [-0.2, 0) is 18.4 Å². The molecule has 0 saturated carbocycles. The summed E-state index contributed by atoms with van der Waals surface area (Å²) in [5, 5.41) is 10.5. The normalized spacial score (nSPS) is 16.7. The largest absolute Gasteiger partial charge is 0.497 e. The molecular weight excluding hydrogens is 368 g/mol. The molecule has 0 radical (unpaired) electrons. The van der Waals surface area contributed by atoms with Crippen LogP contribution >= 0.6 is 0 Å². The number of methoxy groups -OCH3 is 1. The van der Waals surface area contributed by atoms with Crippen LogP contribution in [0.5, 0.6) is 5.75 Å². The third-order valence-electron chi connectivity index (χ3n) is 5.04. The highest BCUT2D eigenvalue weighted by molar-refractivity contribution is 5.85. The fraction of sp³-hybridized carbons (Fsp3) is 0.476. The standard InChI is InChI=1S/C21H30N6O2/c1-4-22-21(27-10-9-17(15-27)18-12-25-26(2)14-18)24-13-20(28)23-11-16-5-7-19(29-3)8-6-16/h5-8,12,14,17H,4,9-11,13,15H2,1-3H3,(H,22,24)(H,23,28). The Kier molecular flexibility index (Phi) is 7.10. The van der Waals surface area contributed by atoms with E-state index in [9.17, 15) is 4.79 Å². The number of hydrogen-bond donors (Lipinski definition) is 2. The van der Waals surface area contributed by atoms with E-state index < -0.39 is 0 Å². The third kappa shape index (κ3) is 5.73. The Hall–Kier alpha value is -3.03. The molecule has 1 fully saturated rings. The van der Waals surface area contributed by atoms with Crippen molar-refractivity contribution in [1.82, 2.24) is 25.3 Å². The minimum absolute atomic E-state index is 0.0979. The van der Waals surface area contributed by atoms with Crippen LogP contribution in [-0.4, -0.2) is 59.8 Å². The molecule has 0 bridgehead atoms. The minimum Gasteiger partial charge on any atom is -0.497 e. The Morgan fingerprint density at radius 3 is 2.76 bits per heavy atom. The molecule has 2 N–H and O–H groups in total. The van der Waals surface area contributed by atoms with Crippen molar-refractivity contribution < 1.29 is 9.53 Å². The van der Waals surface area contributed by atoms with Gasteiger partial charge in [0.25, 0.3) is 0 Å². The highest BCUT2D eigenvalue weighted by atomic mass is 16.5. The van der Waals surface area contributed by atoms with E-state index in [2.05, 4.69) is 31.8 Å². The fourth-order valence-corrected chi connectivity index (χ4v) is 3.45. The average molecular weight is 399 g/mol. The molecule has 1 unspecified atom stereocenters. The predicted molar refractivity (Wildman–Crippen MR) is 113 cm³/mol. The number of nitrogens with zero attached hydrogens (tertiary/aromatic N) is 4. The summed E-state index contributed by atoms with van der Waals surface area (Å²) in [5.74, 6) is 1.93. The van der Waals surface area contributed by atoms with Crippen LogP contribution in [0.1, 0.15) is 30.4 Å². The zero-order chi connectivity index (χ0) is 20.6. The lowest BCUT2D eigenvalue weighted by molar-refractivity contribution is -0.119. The summed E-state index contributed by atoms with van der Waals surface area (Å²) in [5.41, 5.74) is 2.27. The first-order chi connectivity index (χ1) is 14.1. The van der Waals surface area contributed by atoms with Gasteiger partial charge < -0.3 is 20.3 Å². The van der Waals surface area contributed by atoms with E-state index in [0.29, 0.717) is 12.5 Å². The van der Waals surface area contributed by atoms with Crippen LogP contribution in [0.25, 0.3) is 0 Å². The van der Waals surface area contributed by atoms with Gasteiger partial charge >= 0.3 is 0 Å². The lowest BCUT2D eigenvalue weighted by Crippen LogP contribution is -2.40. The number of nitrogens with one attached hydrogen (secondary N) is 2. The number of carbonyl (C=O) groups excluding carboxylic acids is 1. The molecule has 8 heteroatoms. The quantitative estimate of drug-likeness (QED) is 0.546. The topological polar surface area (TPSA) is 83.8 Å². The van der Waals surface area contributed by atoms with E-state index in [-0.39, 0.29) is 12.5 Å². The SMILES string of the molecule is CCNC(=NCC(=O)NCc1ccc(OC)cc1)N1CCC(c2cnn(C)c2)C1. The van der Waals surface area contributed by atoms with Gasteiger partial charge in [0.1, 0.15) is 12.3 Å². The Morgan fingerprint density at radius 1 is 1.31 bits per heavy atom. The monoisotopic (exact) mass is 398 g/mol. The number of aromatic nitrogens is 2. The summed E-state index contributed by atoms with van der Waals surface area (Å²) < 4.78 is 6.98. The van der Waals surface area contributed by atoms with Crippen molar-refractivity contribution >= 4 is 11.9 Å². The number of benzene rings is 1. The Bertz CT molecular complexity index is 830. The molecule has 1 aliphatic rings. The van der Waals surface area contributed by atoms with Crippen LogP contribution in [0.3, 0.4) is 0 Å². The molecule has 1 amide bonds. The van der Waals surface area contributed by atoms with Gasteiger partial charge in [-0.3, -0.25) is 9.48 Å². The number of ether oxygens (including phenoxy) is 1. The van der Waals surface area contributed by atoms with Crippen molar-refractivity contribution in [3.63, 3.8) is 0 Å². The van der Waals surface area contributed by atoms with Gasteiger partial charge in [-0.1, -0.05) is 12.1 Å². The maximum atomic E-state index is 12.3. The molecule has 0 spiro atoms. The van der Waals surface area contributed by atoms with Gasteiger partial charge in [0.2, 0.25) is 5.91 Å². The second-order valence-electron chi connectivity index (χ2n) is 7.17.